The fraction of sp³-hybridized carbons (Fsp3) is 0.500. The molecule has 1 saturated heterocycles. The second kappa shape index (κ2) is 10.2. The molecular weight excluding hydrogens is 344 g/mol. The van der Waals surface area contributed by atoms with E-state index in [1.165, 1.54) is 33.0 Å². The Morgan fingerprint density at radius 1 is 1.11 bits per heavy atom. The summed E-state index contributed by atoms with van der Waals surface area (Å²) in [5.41, 5.74) is 2.13. The molecule has 3 atom stereocenters. The van der Waals surface area contributed by atoms with E-state index < -0.39 is 5.97 Å². The first-order valence-corrected chi connectivity index (χ1v) is 8.95. The quantitative estimate of drug-likeness (QED) is 0.140. The number of allylic oxidation sites excluding steroid dienone is 5. The average molecular weight is 376 g/mol. The molecule has 1 aliphatic rings. The van der Waals surface area contributed by atoms with Crippen LogP contribution in [0.2, 0.25) is 0 Å². The van der Waals surface area contributed by atoms with Gasteiger partial charge in [0.05, 0.1) is 33.0 Å². The van der Waals surface area contributed by atoms with Gasteiger partial charge in [0.1, 0.15) is 6.10 Å². The van der Waals surface area contributed by atoms with Crippen LogP contribution < -0.4 is 0 Å². The Balaban J connectivity index is 2.87. The predicted octanol–water partition coefficient (Wildman–Crippen LogP) is 4.48. The summed E-state index contributed by atoms with van der Waals surface area (Å²) in [5, 5.41) is 0. The lowest BCUT2D eigenvalue weighted by atomic mass is 9.89. The molecule has 0 N–H and O–H groups in total. The van der Waals surface area contributed by atoms with E-state index in [9.17, 15) is 4.79 Å². The maximum Gasteiger partial charge on any atom is 0.334 e. The second-order valence-corrected chi connectivity index (χ2v) is 6.96. The fourth-order valence-electron chi connectivity index (χ4n) is 2.80. The molecule has 5 heteroatoms. The minimum atomic E-state index is -0.505. The van der Waals surface area contributed by atoms with Crippen molar-refractivity contribution in [1.82, 2.24) is 0 Å². The van der Waals surface area contributed by atoms with Crippen molar-refractivity contribution in [1.29, 1.82) is 0 Å². The zero-order valence-electron chi connectivity index (χ0n) is 17.5. The molecule has 1 aliphatic heterocycles. The van der Waals surface area contributed by atoms with E-state index in [0.29, 0.717) is 17.4 Å². The molecule has 0 spiro atoms. The van der Waals surface area contributed by atoms with Crippen LogP contribution in [0.25, 0.3) is 0 Å². The number of hydrogen-bond donors (Lipinski definition) is 0. The number of epoxide rings is 1. The summed E-state index contributed by atoms with van der Waals surface area (Å²) in [7, 11) is 4.31. The fourth-order valence-corrected chi connectivity index (χ4v) is 2.80. The third kappa shape index (κ3) is 6.75. The Hall–Kier alpha value is -2.27. The molecule has 0 bridgehead atoms. The van der Waals surface area contributed by atoms with Crippen molar-refractivity contribution < 1.29 is 23.7 Å². The van der Waals surface area contributed by atoms with E-state index in [1.54, 1.807) is 0 Å². The Labute approximate surface area is 163 Å². The van der Waals surface area contributed by atoms with Crippen LogP contribution in [-0.4, -0.2) is 39.0 Å². The van der Waals surface area contributed by atoms with Crippen molar-refractivity contribution >= 4 is 5.97 Å². The SMILES string of the molecule is C=CC1OC1(C)CC(C)C(C)=CC=C(C)/C=C(\OC)C(=CC(=O)OC)OC. The van der Waals surface area contributed by atoms with E-state index >= 15 is 0 Å². The van der Waals surface area contributed by atoms with Gasteiger partial charge in [-0.3, -0.25) is 0 Å². The zero-order chi connectivity index (χ0) is 20.6. The topological polar surface area (TPSA) is 57.3 Å². The van der Waals surface area contributed by atoms with Crippen LogP contribution in [0.3, 0.4) is 0 Å². The molecule has 0 saturated carbocycles. The monoisotopic (exact) mass is 376 g/mol. The van der Waals surface area contributed by atoms with Crippen molar-refractivity contribution in [2.45, 2.75) is 45.8 Å². The highest BCUT2D eigenvalue weighted by atomic mass is 16.6. The first-order chi connectivity index (χ1) is 12.7. The molecule has 0 aromatic rings. The van der Waals surface area contributed by atoms with Gasteiger partial charge in [-0.15, -0.1) is 6.58 Å². The minimum absolute atomic E-state index is 0.0931. The molecule has 1 rings (SSSR count). The standard InChI is InChI=1S/C22H32O5/c1-9-20-22(5,27-20)14-17(4)16(3)11-10-15(2)12-18(24-6)19(25-7)13-21(23)26-8/h9-13,17,20H,1,14H2,2-8H3/b15-10?,16-11?,18-12-,19-13?. The number of methoxy groups -OCH3 is 3. The smallest absolute Gasteiger partial charge is 0.334 e. The summed E-state index contributed by atoms with van der Waals surface area (Å²) < 4.78 is 20.9. The van der Waals surface area contributed by atoms with E-state index in [-0.39, 0.29) is 11.7 Å². The maximum atomic E-state index is 11.4. The lowest BCUT2D eigenvalue weighted by Crippen LogP contribution is -2.14. The number of ether oxygens (including phenoxy) is 4. The second-order valence-electron chi connectivity index (χ2n) is 6.96. The van der Waals surface area contributed by atoms with Gasteiger partial charge in [0.2, 0.25) is 0 Å². The number of esters is 1. The number of carbonyl (C=O) groups excluding carboxylic acids is 1. The lowest BCUT2D eigenvalue weighted by Gasteiger charge is -2.15. The van der Waals surface area contributed by atoms with Gasteiger partial charge < -0.3 is 18.9 Å². The van der Waals surface area contributed by atoms with Gasteiger partial charge in [-0.05, 0) is 44.8 Å². The van der Waals surface area contributed by atoms with Crippen LogP contribution >= 0.6 is 0 Å². The molecule has 0 radical (unpaired) electrons. The highest BCUT2D eigenvalue weighted by Gasteiger charge is 2.50. The third-order valence-corrected chi connectivity index (χ3v) is 4.74. The summed E-state index contributed by atoms with van der Waals surface area (Å²) in [6.07, 6.45) is 10.1. The van der Waals surface area contributed by atoms with Crippen molar-refractivity contribution in [2.24, 2.45) is 5.92 Å². The van der Waals surface area contributed by atoms with Gasteiger partial charge in [0.25, 0.3) is 0 Å². The van der Waals surface area contributed by atoms with Crippen molar-refractivity contribution in [3.63, 3.8) is 0 Å². The Morgan fingerprint density at radius 2 is 1.70 bits per heavy atom. The van der Waals surface area contributed by atoms with Gasteiger partial charge in [0.15, 0.2) is 11.5 Å². The first-order valence-electron chi connectivity index (χ1n) is 8.95. The van der Waals surface area contributed by atoms with E-state index in [1.807, 2.05) is 25.2 Å². The van der Waals surface area contributed by atoms with E-state index in [4.69, 9.17) is 14.2 Å². The Kier molecular flexibility index (Phi) is 8.57. The van der Waals surface area contributed by atoms with Gasteiger partial charge in [-0.2, -0.15) is 0 Å². The summed E-state index contributed by atoms with van der Waals surface area (Å²) >= 11 is 0. The summed E-state index contributed by atoms with van der Waals surface area (Å²) in [5.74, 6) is 0.641. The number of carbonyl (C=O) groups is 1. The highest BCUT2D eigenvalue weighted by Crippen LogP contribution is 2.43. The van der Waals surface area contributed by atoms with Crippen LogP contribution in [0.1, 0.15) is 34.1 Å². The van der Waals surface area contributed by atoms with Gasteiger partial charge in [0, 0.05) is 0 Å². The predicted molar refractivity (Wildman–Crippen MR) is 107 cm³/mol. The van der Waals surface area contributed by atoms with Crippen molar-refractivity contribution in [2.75, 3.05) is 21.3 Å². The largest absolute Gasteiger partial charge is 0.493 e. The Bertz CT molecular complexity index is 668. The van der Waals surface area contributed by atoms with Crippen LogP contribution in [0.15, 0.2) is 59.6 Å². The number of hydrogen-bond acceptors (Lipinski definition) is 5. The first kappa shape index (κ1) is 22.8. The molecular formula is C22H32O5. The van der Waals surface area contributed by atoms with E-state index in [2.05, 4.69) is 38.2 Å². The lowest BCUT2D eigenvalue weighted by molar-refractivity contribution is -0.135. The molecule has 1 fully saturated rings. The summed E-state index contributed by atoms with van der Waals surface area (Å²) in [6.45, 7) is 12.2. The van der Waals surface area contributed by atoms with Crippen LogP contribution in [0.4, 0.5) is 0 Å². The average Bonchev–Trinajstić information content (AvgIpc) is 3.31. The molecule has 1 heterocycles. The van der Waals surface area contributed by atoms with E-state index in [0.717, 1.165) is 12.0 Å². The summed E-state index contributed by atoms with van der Waals surface area (Å²) in [4.78, 5) is 11.4. The Morgan fingerprint density at radius 3 is 2.19 bits per heavy atom. The van der Waals surface area contributed by atoms with Crippen molar-refractivity contribution in [3.05, 3.63) is 59.6 Å². The third-order valence-electron chi connectivity index (χ3n) is 4.74. The van der Waals surface area contributed by atoms with Gasteiger partial charge >= 0.3 is 5.97 Å². The van der Waals surface area contributed by atoms with Crippen molar-refractivity contribution in [3.8, 4) is 0 Å². The molecule has 0 amide bonds. The molecule has 0 aromatic heterocycles. The van der Waals surface area contributed by atoms with Crippen LogP contribution in [0.5, 0.6) is 0 Å². The minimum Gasteiger partial charge on any atom is -0.493 e. The van der Waals surface area contributed by atoms with Gasteiger partial charge in [-0.1, -0.05) is 30.7 Å². The molecule has 0 aromatic carbocycles. The molecule has 27 heavy (non-hydrogen) atoms. The molecule has 5 nitrogen and oxygen atoms in total. The maximum absolute atomic E-state index is 11.4. The van der Waals surface area contributed by atoms with Crippen LogP contribution in [0, 0.1) is 5.92 Å². The molecule has 150 valence electrons. The number of rotatable bonds is 10. The highest BCUT2D eigenvalue weighted by molar-refractivity contribution is 5.83. The van der Waals surface area contributed by atoms with Gasteiger partial charge in [-0.25, -0.2) is 4.79 Å². The molecule has 0 aliphatic carbocycles. The molecule has 3 unspecified atom stereocenters. The summed E-state index contributed by atoms with van der Waals surface area (Å²) in [6, 6.07) is 0. The normalized spacial score (nSPS) is 24.9. The van der Waals surface area contributed by atoms with Crippen LogP contribution in [-0.2, 0) is 23.7 Å². The zero-order valence-corrected chi connectivity index (χ0v) is 17.5.